The van der Waals surface area contributed by atoms with Gasteiger partial charge in [0.05, 0.1) is 19.7 Å². The summed E-state index contributed by atoms with van der Waals surface area (Å²) in [6.45, 7) is 0. The minimum Gasteiger partial charge on any atom is -0.491 e. The van der Waals surface area contributed by atoms with Crippen LogP contribution in [0.15, 0.2) is 24.3 Å². The fraction of sp³-hybridized carbons (Fsp3) is 0.200. The maximum absolute atomic E-state index is 5.23. The lowest BCUT2D eigenvalue weighted by molar-refractivity contribution is 0.351. The largest absolute Gasteiger partial charge is 0.491 e. The van der Waals surface area contributed by atoms with Crippen molar-refractivity contribution in [1.29, 1.82) is 0 Å². The Balaban J connectivity index is 2.73. The molecule has 1 aromatic carbocycles. The minimum atomic E-state index is 0.670. The Morgan fingerprint density at radius 2 is 1.85 bits per heavy atom. The second kappa shape index (κ2) is 3.01. The number of aromatic amines is 1. The molecule has 1 N–H and O–H groups in total. The molecule has 0 radical (unpaired) electrons. The standard InChI is InChI=1S/C10H11NO2/c1-12-9-7-5-3-4-6-8(7)11-10(9)13-2/h3-6,11H,1-2H3. The number of para-hydroxylation sites is 1. The SMILES string of the molecule is COc1[nH]c2ccccc2c1OC. The van der Waals surface area contributed by atoms with E-state index in [0.29, 0.717) is 5.88 Å². The van der Waals surface area contributed by atoms with Crippen molar-refractivity contribution in [3.63, 3.8) is 0 Å². The van der Waals surface area contributed by atoms with Crippen LogP contribution in [-0.4, -0.2) is 19.2 Å². The smallest absolute Gasteiger partial charge is 0.235 e. The molecule has 0 amide bonds. The first-order valence-electron chi connectivity index (χ1n) is 4.05. The molecule has 0 saturated heterocycles. The number of H-pyrrole nitrogens is 1. The molecule has 0 aliphatic rings. The first kappa shape index (κ1) is 7.98. The number of hydrogen-bond donors (Lipinski definition) is 1. The minimum absolute atomic E-state index is 0.670. The number of methoxy groups -OCH3 is 2. The third-order valence-electron chi connectivity index (χ3n) is 2.03. The van der Waals surface area contributed by atoms with Crippen LogP contribution in [0.3, 0.4) is 0 Å². The zero-order valence-corrected chi connectivity index (χ0v) is 7.63. The van der Waals surface area contributed by atoms with Gasteiger partial charge in [0.1, 0.15) is 0 Å². The molecular weight excluding hydrogens is 166 g/mol. The van der Waals surface area contributed by atoms with Crippen molar-refractivity contribution in [1.82, 2.24) is 4.98 Å². The lowest BCUT2D eigenvalue weighted by Gasteiger charge is -1.99. The van der Waals surface area contributed by atoms with Crippen LogP contribution < -0.4 is 9.47 Å². The van der Waals surface area contributed by atoms with Gasteiger partial charge in [0.25, 0.3) is 0 Å². The molecule has 2 aromatic rings. The summed E-state index contributed by atoms with van der Waals surface area (Å²) in [6.07, 6.45) is 0. The number of nitrogens with one attached hydrogen (secondary N) is 1. The normalized spacial score (nSPS) is 10.3. The summed E-state index contributed by atoms with van der Waals surface area (Å²) in [7, 11) is 3.26. The van der Waals surface area contributed by atoms with Crippen LogP contribution in [0.25, 0.3) is 10.9 Å². The van der Waals surface area contributed by atoms with Crippen molar-refractivity contribution in [3.05, 3.63) is 24.3 Å². The van der Waals surface area contributed by atoms with Crippen LogP contribution in [0.5, 0.6) is 11.6 Å². The molecule has 1 aromatic heterocycles. The Morgan fingerprint density at radius 1 is 1.08 bits per heavy atom. The van der Waals surface area contributed by atoms with E-state index in [0.717, 1.165) is 16.7 Å². The number of fused-ring (bicyclic) bond motifs is 1. The molecule has 0 aliphatic carbocycles. The van der Waals surface area contributed by atoms with Gasteiger partial charge < -0.3 is 14.5 Å². The molecule has 2 rings (SSSR count). The summed E-state index contributed by atoms with van der Waals surface area (Å²) >= 11 is 0. The maximum atomic E-state index is 5.23. The zero-order valence-electron chi connectivity index (χ0n) is 7.63. The first-order chi connectivity index (χ1) is 6.36. The van der Waals surface area contributed by atoms with Crippen LogP contribution in [0.1, 0.15) is 0 Å². The van der Waals surface area contributed by atoms with E-state index in [9.17, 15) is 0 Å². The van der Waals surface area contributed by atoms with Crippen LogP contribution in [0.4, 0.5) is 0 Å². The lowest BCUT2D eigenvalue weighted by atomic mass is 10.2. The predicted molar refractivity (Wildman–Crippen MR) is 51.4 cm³/mol. The van der Waals surface area contributed by atoms with Crippen molar-refractivity contribution in [2.75, 3.05) is 14.2 Å². The van der Waals surface area contributed by atoms with E-state index < -0.39 is 0 Å². The molecule has 0 saturated carbocycles. The van der Waals surface area contributed by atoms with Crippen molar-refractivity contribution >= 4 is 10.9 Å². The Bertz CT molecular complexity index is 420. The molecule has 0 bridgehead atoms. The van der Waals surface area contributed by atoms with Gasteiger partial charge in [0.15, 0.2) is 5.75 Å². The van der Waals surface area contributed by atoms with Crippen molar-refractivity contribution in [2.45, 2.75) is 0 Å². The van der Waals surface area contributed by atoms with Crippen LogP contribution in [0.2, 0.25) is 0 Å². The van der Waals surface area contributed by atoms with Gasteiger partial charge in [-0.25, -0.2) is 0 Å². The van der Waals surface area contributed by atoms with Crippen LogP contribution >= 0.6 is 0 Å². The third-order valence-corrected chi connectivity index (χ3v) is 2.03. The molecule has 0 fully saturated rings. The highest BCUT2D eigenvalue weighted by Gasteiger charge is 2.10. The highest BCUT2D eigenvalue weighted by atomic mass is 16.5. The number of aromatic nitrogens is 1. The van der Waals surface area contributed by atoms with E-state index in [1.54, 1.807) is 14.2 Å². The summed E-state index contributed by atoms with van der Waals surface area (Å²) in [5.41, 5.74) is 1.02. The summed E-state index contributed by atoms with van der Waals surface area (Å²) in [5.74, 6) is 1.43. The van der Waals surface area contributed by atoms with Gasteiger partial charge in [-0.3, -0.25) is 0 Å². The van der Waals surface area contributed by atoms with Gasteiger partial charge in [0.2, 0.25) is 5.88 Å². The quantitative estimate of drug-likeness (QED) is 0.762. The highest BCUT2D eigenvalue weighted by Crippen LogP contribution is 2.34. The zero-order chi connectivity index (χ0) is 9.26. The van der Waals surface area contributed by atoms with E-state index in [4.69, 9.17) is 9.47 Å². The number of hydrogen-bond acceptors (Lipinski definition) is 2. The van der Waals surface area contributed by atoms with Crippen LogP contribution in [0, 0.1) is 0 Å². The first-order valence-corrected chi connectivity index (χ1v) is 4.05. The van der Waals surface area contributed by atoms with Gasteiger partial charge in [-0.05, 0) is 12.1 Å². The molecule has 1 heterocycles. The molecule has 3 nitrogen and oxygen atoms in total. The molecule has 13 heavy (non-hydrogen) atoms. The van der Waals surface area contributed by atoms with Gasteiger partial charge in [0, 0.05) is 5.39 Å². The highest BCUT2D eigenvalue weighted by molar-refractivity contribution is 5.89. The van der Waals surface area contributed by atoms with E-state index in [-0.39, 0.29) is 0 Å². The van der Waals surface area contributed by atoms with Crippen LogP contribution in [-0.2, 0) is 0 Å². The van der Waals surface area contributed by atoms with Gasteiger partial charge in [-0.2, -0.15) is 0 Å². The summed E-state index contributed by atoms with van der Waals surface area (Å²) in [5, 5.41) is 1.04. The summed E-state index contributed by atoms with van der Waals surface area (Å²) < 4.78 is 10.4. The number of benzene rings is 1. The van der Waals surface area contributed by atoms with E-state index in [1.165, 1.54) is 0 Å². The summed E-state index contributed by atoms with van der Waals surface area (Å²) in [6, 6.07) is 7.92. The molecule has 68 valence electrons. The van der Waals surface area contributed by atoms with E-state index >= 15 is 0 Å². The van der Waals surface area contributed by atoms with Crippen molar-refractivity contribution in [2.24, 2.45) is 0 Å². The second-order valence-electron chi connectivity index (χ2n) is 2.74. The fourth-order valence-corrected chi connectivity index (χ4v) is 1.44. The molecule has 0 aliphatic heterocycles. The molecule has 0 atom stereocenters. The lowest BCUT2D eigenvalue weighted by Crippen LogP contribution is -1.86. The monoisotopic (exact) mass is 177 g/mol. The predicted octanol–water partition coefficient (Wildman–Crippen LogP) is 2.19. The Hall–Kier alpha value is -1.64. The van der Waals surface area contributed by atoms with E-state index in [2.05, 4.69) is 4.98 Å². The van der Waals surface area contributed by atoms with Gasteiger partial charge in [-0.1, -0.05) is 12.1 Å². The fourth-order valence-electron chi connectivity index (χ4n) is 1.44. The molecule has 3 heteroatoms. The topological polar surface area (TPSA) is 34.2 Å². The maximum Gasteiger partial charge on any atom is 0.235 e. The average molecular weight is 177 g/mol. The average Bonchev–Trinajstić information content (AvgIpc) is 2.55. The van der Waals surface area contributed by atoms with Crippen molar-refractivity contribution < 1.29 is 9.47 Å². The summed E-state index contributed by atoms with van der Waals surface area (Å²) in [4.78, 5) is 3.12. The Morgan fingerprint density at radius 3 is 2.54 bits per heavy atom. The Labute approximate surface area is 76.3 Å². The number of rotatable bonds is 2. The van der Waals surface area contributed by atoms with Crippen molar-refractivity contribution in [3.8, 4) is 11.6 Å². The Kier molecular flexibility index (Phi) is 1.85. The molecule has 0 unspecified atom stereocenters. The molecular formula is C10H11NO2. The van der Waals surface area contributed by atoms with Gasteiger partial charge >= 0.3 is 0 Å². The van der Waals surface area contributed by atoms with E-state index in [1.807, 2.05) is 24.3 Å². The second-order valence-corrected chi connectivity index (χ2v) is 2.74. The number of ether oxygens (including phenoxy) is 2. The van der Waals surface area contributed by atoms with Gasteiger partial charge in [-0.15, -0.1) is 0 Å². The third kappa shape index (κ3) is 1.13. The molecule has 0 spiro atoms.